The third-order valence-corrected chi connectivity index (χ3v) is 9.44. The summed E-state index contributed by atoms with van der Waals surface area (Å²) in [6, 6.07) is 20.0. The van der Waals surface area contributed by atoms with Crippen molar-refractivity contribution in [3.63, 3.8) is 0 Å². The molecule has 3 rings (SSSR count). The van der Waals surface area contributed by atoms with Gasteiger partial charge in [-0.05, 0) is 33.2 Å². The predicted molar refractivity (Wildman–Crippen MR) is 102 cm³/mol. The van der Waals surface area contributed by atoms with Gasteiger partial charge in [-0.25, -0.2) is 0 Å². The Labute approximate surface area is 136 Å². The van der Waals surface area contributed by atoms with Gasteiger partial charge in [0.1, 0.15) is 17.9 Å². The second kappa shape index (κ2) is 6.36. The van der Waals surface area contributed by atoms with Gasteiger partial charge in [0, 0.05) is 6.54 Å². The maximum atomic E-state index is 2.77. The molecule has 0 atom stereocenters. The molecule has 0 N–H and O–H groups in total. The highest BCUT2D eigenvalue weighted by atomic mass is 28.3. The lowest BCUT2D eigenvalue weighted by molar-refractivity contribution is 0.653. The monoisotopic (exact) mass is 321 g/mol. The highest BCUT2D eigenvalue weighted by Crippen LogP contribution is 2.29. The van der Waals surface area contributed by atoms with Crippen molar-refractivity contribution in [1.29, 1.82) is 0 Å². The molecule has 2 radical (unpaired) electrons. The molecule has 0 aliphatic carbocycles. The van der Waals surface area contributed by atoms with E-state index in [4.69, 9.17) is 0 Å². The molecule has 3 aromatic rings. The third-order valence-electron chi connectivity index (χ3n) is 4.28. The van der Waals surface area contributed by atoms with Crippen LogP contribution in [0, 0.1) is 0 Å². The number of nitrogens with zero attached hydrogens (tertiary/aromatic N) is 1. The van der Waals surface area contributed by atoms with Crippen LogP contribution in [-0.2, 0) is 6.54 Å². The van der Waals surface area contributed by atoms with E-state index in [9.17, 15) is 0 Å². The van der Waals surface area contributed by atoms with Gasteiger partial charge in [-0.1, -0.05) is 74.7 Å². The fourth-order valence-corrected chi connectivity index (χ4v) is 7.73. The molecule has 22 heavy (non-hydrogen) atoms. The van der Waals surface area contributed by atoms with Gasteiger partial charge < -0.3 is 4.23 Å². The first kappa shape index (κ1) is 15.5. The molecular formula is C19H23NSi2. The van der Waals surface area contributed by atoms with Gasteiger partial charge in [-0.2, -0.15) is 0 Å². The van der Waals surface area contributed by atoms with Gasteiger partial charge in [0.2, 0.25) is 0 Å². The zero-order chi connectivity index (χ0) is 15.7. The van der Waals surface area contributed by atoms with Crippen LogP contribution in [0.4, 0.5) is 0 Å². The molecule has 0 bridgehead atoms. The van der Waals surface area contributed by atoms with Crippen LogP contribution < -0.4 is 0 Å². The van der Waals surface area contributed by atoms with Crippen molar-refractivity contribution in [2.45, 2.75) is 32.7 Å². The maximum absolute atomic E-state index is 2.77. The molecule has 1 nitrogen and oxygen atoms in total. The molecule has 0 aromatic heterocycles. The third kappa shape index (κ3) is 2.89. The Hall–Kier alpha value is -1.43. The van der Waals surface area contributed by atoms with E-state index in [1.165, 1.54) is 27.1 Å². The SMILES string of the molecule is C[Si](C)N(Cc1c2ccccc2cc2ccccc12)[Si](C)C. The molecule has 3 aromatic carbocycles. The second-order valence-corrected chi connectivity index (χ2v) is 11.6. The fraction of sp³-hybridized carbons (Fsp3) is 0.263. The largest absolute Gasteiger partial charge is 0.344 e. The van der Waals surface area contributed by atoms with Gasteiger partial charge in [0.25, 0.3) is 0 Å². The summed E-state index contributed by atoms with van der Waals surface area (Å²) in [5.74, 6) is 0. The zero-order valence-electron chi connectivity index (χ0n) is 13.9. The lowest BCUT2D eigenvalue weighted by Gasteiger charge is -2.30. The maximum Gasteiger partial charge on any atom is 0.122 e. The van der Waals surface area contributed by atoms with Gasteiger partial charge in [0.05, 0.1) is 0 Å². The smallest absolute Gasteiger partial charge is 0.122 e. The average molecular weight is 322 g/mol. The van der Waals surface area contributed by atoms with E-state index < -0.39 is 17.9 Å². The number of fused-ring (bicyclic) bond motifs is 2. The van der Waals surface area contributed by atoms with Gasteiger partial charge in [-0.15, -0.1) is 0 Å². The van der Waals surface area contributed by atoms with Crippen molar-refractivity contribution in [2.24, 2.45) is 0 Å². The Morgan fingerprint density at radius 1 is 0.727 bits per heavy atom. The lowest BCUT2D eigenvalue weighted by atomic mass is 9.97. The molecule has 0 unspecified atom stereocenters. The Kier molecular flexibility index (Phi) is 4.47. The summed E-state index contributed by atoms with van der Waals surface area (Å²) in [7, 11) is -0.854. The predicted octanol–water partition coefficient (Wildman–Crippen LogP) is 5.30. The van der Waals surface area contributed by atoms with Gasteiger partial charge >= 0.3 is 0 Å². The van der Waals surface area contributed by atoms with E-state index in [1.807, 2.05) is 0 Å². The normalized spacial score (nSPS) is 12.1. The van der Waals surface area contributed by atoms with Crippen molar-refractivity contribution in [3.05, 3.63) is 60.2 Å². The summed E-state index contributed by atoms with van der Waals surface area (Å²) in [4.78, 5) is 0. The molecule has 0 aliphatic heterocycles. The Balaban J connectivity index is 2.23. The lowest BCUT2D eigenvalue weighted by Crippen LogP contribution is -2.42. The van der Waals surface area contributed by atoms with Crippen molar-refractivity contribution in [2.75, 3.05) is 0 Å². The van der Waals surface area contributed by atoms with E-state index in [-0.39, 0.29) is 0 Å². The van der Waals surface area contributed by atoms with Crippen LogP contribution in [0.1, 0.15) is 5.56 Å². The Morgan fingerprint density at radius 2 is 1.18 bits per heavy atom. The molecular weight excluding hydrogens is 298 g/mol. The molecule has 0 spiro atoms. The van der Waals surface area contributed by atoms with Crippen LogP contribution in [0.25, 0.3) is 21.5 Å². The van der Waals surface area contributed by atoms with E-state index in [0.29, 0.717) is 0 Å². The molecule has 0 heterocycles. The Bertz CT molecular complexity index is 734. The van der Waals surface area contributed by atoms with Crippen LogP contribution in [0.15, 0.2) is 54.6 Å². The molecule has 0 aliphatic rings. The van der Waals surface area contributed by atoms with Crippen molar-refractivity contribution >= 4 is 39.5 Å². The summed E-state index contributed by atoms with van der Waals surface area (Å²) in [5, 5.41) is 5.55. The molecule has 0 fully saturated rings. The van der Waals surface area contributed by atoms with Crippen molar-refractivity contribution < 1.29 is 0 Å². The minimum absolute atomic E-state index is 0.427. The zero-order valence-corrected chi connectivity index (χ0v) is 15.9. The van der Waals surface area contributed by atoms with Crippen molar-refractivity contribution in [1.82, 2.24) is 4.23 Å². The minimum atomic E-state index is -0.427. The number of rotatable bonds is 4. The van der Waals surface area contributed by atoms with E-state index in [2.05, 4.69) is 85.0 Å². The molecule has 0 amide bonds. The number of hydrogen-bond donors (Lipinski definition) is 0. The van der Waals surface area contributed by atoms with E-state index in [1.54, 1.807) is 0 Å². The van der Waals surface area contributed by atoms with Crippen LogP contribution in [0.3, 0.4) is 0 Å². The van der Waals surface area contributed by atoms with Crippen LogP contribution >= 0.6 is 0 Å². The minimum Gasteiger partial charge on any atom is -0.344 e. The number of benzene rings is 3. The summed E-state index contributed by atoms with van der Waals surface area (Å²) < 4.78 is 2.77. The summed E-state index contributed by atoms with van der Waals surface area (Å²) >= 11 is 0. The molecule has 0 saturated carbocycles. The number of hydrogen-bond acceptors (Lipinski definition) is 1. The molecule has 3 heteroatoms. The van der Waals surface area contributed by atoms with E-state index in [0.717, 1.165) is 6.54 Å². The summed E-state index contributed by atoms with van der Waals surface area (Å²) in [5.41, 5.74) is 1.51. The summed E-state index contributed by atoms with van der Waals surface area (Å²) in [6.07, 6.45) is 0. The van der Waals surface area contributed by atoms with Gasteiger partial charge in [0.15, 0.2) is 0 Å². The first-order valence-corrected chi connectivity index (χ1v) is 12.7. The quantitative estimate of drug-likeness (QED) is 0.466. The average Bonchev–Trinajstić information content (AvgIpc) is 2.50. The van der Waals surface area contributed by atoms with Crippen LogP contribution in [0.5, 0.6) is 0 Å². The molecule has 0 saturated heterocycles. The molecule has 112 valence electrons. The second-order valence-electron chi connectivity index (χ2n) is 6.28. The standard InChI is InChI=1S/C19H23NSi2/c1-21(2)20(22(3)4)14-19-17-11-7-5-9-15(17)13-16-10-6-8-12-18(16)19/h5-13H,14H2,1-4H3. The first-order chi connectivity index (χ1) is 10.6. The van der Waals surface area contributed by atoms with Crippen LogP contribution in [-0.4, -0.2) is 22.1 Å². The summed E-state index contributed by atoms with van der Waals surface area (Å²) in [6.45, 7) is 10.7. The topological polar surface area (TPSA) is 3.24 Å². The Morgan fingerprint density at radius 3 is 1.64 bits per heavy atom. The first-order valence-electron chi connectivity index (χ1n) is 7.85. The highest BCUT2D eigenvalue weighted by molar-refractivity contribution is 6.69. The van der Waals surface area contributed by atoms with Crippen molar-refractivity contribution in [3.8, 4) is 0 Å². The van der Waals surface area contributed by atoms with Gasteiger partial charge in [-0.3, -0.25) is 0 Å². The highest BCUT2D eigenvalue weighted by Gasteiger charge is 2.18. The van der Waals surface area contributed by atoms with E-state index >= 15 is 0 Å². The van der Waals surface area contributed by atoms with Crippen LogP contribution in [0.2, 0.25) is 26.2 Å². The fourth-order valence-electron chi connectivity index (χ4n) is 3.20.